The number of furan rings is 1. The van der Waals surface area contributed by atoms with E-state index in [2.05, 4.69) is 5.32 Å². The first-order chi connectivity index (χ1) is 13.4. The van der Waals surface area contributed by atoms with Gasteiger partial charge < -0.3 is 4.42 Å². The van der Waals surface area contributed by atoms with Crippen LogP contribution in [0.4, 0.5) is 5.69 Å². The van der Waals surface area contributed by atoms with Crippen LogP contribution >= 0.6 is 11.6 Å². The number of non-ortho nitro benzene ring substituents is 1. The van der Waals surface area contributed by atoms with Crippen LogP contribution in [0.5, 0.6) is 0 Å². The van der Waals surface area contributed by atoms with Crippen LogP contribution in [0, 0.1) is 10.1 Å². The zero-order chi connectivity index (χ0) is 19.8. The van der Waals surface area contributed by atoms with E-state index in [-0.39, 0.29) is 10.7 Å². The third-order valence-electron chi connectivity index (χ3n) is 4.28. The van der Waals surface area contributed by atoms with E-state index in [9.17, 15) is 19.7 Å². The van der Waals surface area contributed by atoms with Gasteiger partial charge in [0.05, 0.1) is 15.5 Å². The van der Waals surface area contributed by atoms with Crippen molar-refractivity contribution in [2.24, 2.45) is 0 Å². The van der Waals surface area contributed by atoms with Gasteiger partial charge >= 0.3 is 0 Å². The van der Waals surface area contributed by atoms with Crippen LogP contribution in [0.1, 0.15) is 21.7 Å². The Morgan fingerprint density at radius 1 is 0.964 bits per heavy atom. The number of hydrogen-bond acceptors (Lipinski definition) is 5. The van der Waals surface area contributed by atoms with E-state index in [1.807, 2.05) is 0 Å². The van der Waals surface area contributed by atoms with Crippen molar-refractivity contribution in [1.29, 1.82) is 0 Å². The average molecular weight is 395 g/mol. The molecule has 2 aromatic carbocycles. The van der Waals surface area contributed by atoms with Crippen molar-refractivity contribution in [3.05, 3.63) is 86.6 Å². The predicted octanol–water partition coefficient (Wildman–Crippen LogP) is 4.32. The van der Waals surface area contributed by atoms with E-state index in [0.29, 0.717) is 33.8 Å². The van der Waals surface area contributed by atoms with Gasteiger partial charge in [0, 0.05) is 28.8 Å². The molecule has 1 aromatic heterocycles. The van der Waals surface area contributed by atoms with Crippen LogP contribution in [-0.4, -0.2) is 16.7 Å². The van der Waals surface area contributed by atoms with Gasteiger partial charge in [-0.25, -0.2) is 0 Å². The van der Waals surface area contributed by atoms with Crippen LogP contribution in [0.25, 0.3) is 23.0 Å². The van der Waals surface area contributed by atoms with Crippen LogP contribution in [0.3, 0.4) is 0 Å². The largest absolute Gasteiger partial charge is 0.457 e. The van der Waals surface area contributed by atoms with Gasteiger partial charge in [-0.15, -0.1) is 0 Å². The minimum absolute atomic E-state index is 0.122. The van der Waals surface area contributed by atoms with Gasteiger partial charge in [-0.1, -0.05) is 29.8 Å². The van der Waals surface area contributed by atoms with E-state index in [4.69, 9.17) is 16.0 Å². The number of amides is 2. The summed E-state index contributed by atoms with van der Waals surface area (Å²) in [5.41, 5.74) is 1.58. The van der Waals surface area contributed by atoms with Crippen LogP contribution in [0.2, 0.25) is 5.02 Å². The van der Waals surface area contributed by atoms with Gasteiger partial charge in [-0.3, -0.25) is 25.0 Å². The van der Waals surface area contributed by atoms with E-state index >= 15 is 0 Å². The fraction of sp³-hybridized carbons (Fsp3) is 0. The molecule has 2 amide bonds. The van der Waals surface area contributed by atoms with Crippen molar-refractivity contribution in [3.8, 4) is 11.3 Å². The Balaban J connectivity index is 1.73. The molecule has 7 nitrogen and oxygen atoms in total. The molecular formula is C20H11ClN2O5. The van der Waals surface area contributed by atoms with Crippen molar-refractivity contribution in [2.75, 3.05) is 0 Å². The van der Waals surface area contributed by atoms with E-state index in [1.54, 1.807) is 36.4 Å². The van der Waals surface area contributed by atoms with Crippen LogP contribution in [-0.2, 0) is 4.79 Å². The predicted molar refractivity (Wildman–Crippen MR) is 103 cm³/mol. The summed E-state index contributed by atoms with van der Waals surface area (Å²) in [6, 6.07) is 14.1. The molecule has 0 saturated heterocycles. The highest BCUT2D eigenvalue weighted by Crippen LogP contribution is 2.33. The van der Waals surface area contributed by atoms with Crippen molar-refractivity contribution >= 4 is 40.8 Å². The number of nitro benzene ring substituents is 1. The Bertz CT molecular complexity index is 1180. The lowest BCUT2D eigenvalue weighted by Gasteiger charge is -2.17. The molecule has 8 heteroatoms. The summed E-state index contributed by atoms with van der Waals surface area (Å²) in [5.74, 6) is -0.198. The smallest absolute Gasteiger partial charge is 0.270 e. The number of nitro groups is 1. The molecule has 0 spiro atoms. The molecule has 0 fully saturated rings. The number of hydrogen-bond donors (Lipinski definition) is 1. The summed E-state index contributed by atoms with van der Waals surface area (Å²) in [4.78, 5) is 34.5. The molecule has 0 aliphatic carbocycles. The van der Waals surface area contributed by atoms with Gasteiger partial charge in [0.25, 0.3) is 17.5 Å². The second-order valence-electron chi connectivity index (χ2n) is 6.01. The highest BCUT2D eigenvalue weighted by Gasteiger charge is 2.27. The number of benzene rings is 2. The molecule has 0 unspecified atom stereocenters. The first-order valence-electron chi connectivity index (χ1n) is 8.15. The maximum Gasteiger partial charge on any atom is 0.270 e. The first-order valence-corrected chi connectivity index (χ1v) is 8.53. The topological polar surface area (TPSA) is 102 Å². The molecule has 0 bridgehead atoms. The Hall–Kier alpha value is -3.71. The molecule has 4 rings (SSSR count). The number of carbonyl (C=O) groups is 2. The molecular weight excluding hydrogens is 384 g/mol. The maximum atomic E-state index is 12.3. The molecule has 28 heavy (non-hydrogen) atoms. The van der Waals surface area contributed by atoms with Crippen molar-refractivity contribution in [2.45, 2.75) is 0 Å². The first kappa shape index (κ1) is 17.7. The SMILES string of the molecule is O=C1NC(=O)c2ccccc2/C1=C\c1ccc(-c2ccc([N+](=O)[O-])cc2Cl)o1. The molecule has 138 valence electrons. The number of nitrogens with zero attached hydrogens (tertiary/aromatic N) is 1. The number of nitrogens with one attached hydrogen (secondary N) is 1. The summed E-state index contributed by atoms with van der Waals surface area (Å²) in [7, 11) is 0. The van der Waals surface area contributed by atoms with Gasteiger partial charge in [-0.05, 0) is 30.3 Å². The minimum Gasteiger partial charge on any atom is -0.457 e. The zero-order valence-electron chi connectivity index (χ0n) is 14.1. The number of carbonyl (C=O) groups excluding carboxylic acids is 2. The molecule has 3 aromatic rings. The van der Waals surface area contributed by atoms with Gasteiger partial charge in [0.2, 0.25) is 0 Å². The standard InChI is InChI=1S/C20H11ClN2O5/c21-17-9-11(23(26)27)5-7-15(17)18-8-6-12(28-18)10-16-13-3-1-2-4-14(13)19(24)22-20(16)25/h1-10H,(H,22,24,25)/b16-10+. The van der Waals surface area contributed by atoms with Gasteiger partial charge in [0.1, 0.15) is 11.5 Å². The van der Waals surface area contributed by atoms with E-state index in [1.165, 1.54) is 24.3 Å². The molecule has 0 saturated carbocycles. The second-order valence-corrected chi connectivity index (χ2v) is 6.42. The summed E-state index contributed by atoms with van der Waals surface area (Å²) >= 11 is 6.13. The monoisotopic (exact) mass is 394 g/mol. The molecule has 2 heterocycles. The molecule has 0 radical (unpaired) electrons. The Kier molecular flexibility index (Phi) is 4.29. The van der Waals surface area contributed by atoms with E-state index < -0.39 is 16.7 Å². The fourth-order valence-electron chi connectivity index (χ4n) is 2.95. The lowest BCUT2D eigenvalue weighted by molar-refractivity contribution is -0.384. The van der Waals surface area contributed by atoms with Crippen LogP contribution in [0.15, 0.2) is 59.0 Å². The summed E-state index contributed by atoms with van der Waals surface area (Å²) in [6.45, 7) is 0. The summed E-state index contributed by atoms with van der Waals surface area (Å²) in [5, 5.41) is 13.3. The quantitative estimate of drug-likeness (QED) is 0.308. The zero-order valence-corrected chi connectivity index (χ0v) is 14.9. The lowest BCUT2D eigenvalue weighted by atomic mass is 9.94. The minimum atomic E-state index is -0.534. The Labute approximate surface area is 163 Å². The van der Waals surface area contributed by atoms with Crippen molar-refractivity contribution in [1.82, 2.24) is 5.32 Å². The molecule has 1 aliphatic rings. The number of fused-ring (bicyclic) bond motifs is 1. The Morgan fingerprint density at radius 2 is 1.71 bits per heavy atom. The Morgan fingerprint density at radius 3 is 2.43 bits per heavy atom. The van der Waals surface area contributed by atoms with Crippen LogP contribution < -0.4 is 5.32 Å². The fourth-order valence-corrected chi connectivity index (χ4v) is 3.22. The maximum absolute atomic E-state index is 12.3. The normalized spacial score (nSPS) is 14.7. The second kappa shape index (κ2) is 6.79. The van der Waals surface area contributed by atoms with E-state index in [0.717, 1.165) is 0 Å². The lowest BCUT2D eigenvalue weighted by Crippen LogP contribution is -2.36. The third kappa shape index (κ3) is 3.08. The average Bonchev–Trinajstić information content (AvgIpc) is 3.13. The van der Waals surface area contributed by atoms with Gasteiger partial charge in [0.15, 0.2) is 0 Å². The number of halogens is 1. The summed E-state index contributed by atoms with van der Waals surface area (Å²) < 4.78 is 5.75. The number of rotatable bonds is 3. The summed E-state index contributed by atoms with van der Waals surface area (Å²) in [6.07, 6.45) is 1.53. The van der Waals surface area contributed by atoms with Crippen molar-refractivity contribution < 1.29 is 18.9 Å². The molecule has 0 atom stereocenters. The highest BCUT2D eigenvalue weighted by atomic mass is 35.5. The number of imide groups is 1. The van der Waals surface area contributed by atoms with Crippen molar-refractivity contribution in [3.63, 3.8) is 0 Å². The van der Waals surface area contributed by atoms with Gasteiger partial charge in [-0.2, -0.15) is 0 Å². The molecule has 1 N–H and O–H groups in total. The third-order valence-corrected chi connectivity index (χ3v) is 4.59. The highest BCUT2D eigenvalue weighted by molar-refractivity contribution is 6.34. The molecule has 1 aliphatic heterocycles.